The average Bonchev–Trinajstić information content (AvgIpc) is 2.36. The summed E-state index contributed by atoms with van der Waals surface area (Å²) < 4.78 is 22.7. The average molecular weight is 247 g/mol. The molecule has 15 heavy (non-hydrogen) atoms. The molecule has 0 aliphatic carbocycles. The molecule has 0 aromatic carbocycles. The van der Waals surface area contributed by atoms with Crippen molar-refractivity contribution < 1.29 is 8.42 Å². The number of sulfone groups is 1. The zero-order valence-electron chi connectivity index (χ0n) is 8.51. The Morgan fingerprint density at radius 2 is 2.20 bits per heavy atom. The number of nitrogens with zero attached hydrogens (tertiary/aromatic N) is 3. The van der Waals surface area contributed by atoms with E-state index in [4.69, 9.17) is 5.26 Å². The van der Waals surface area contributed by atoms with Crippen LogP contribution in [-0.4, -0.2) is 49.3 Å². The Hall–Kier alpha value is -0.740. The first kappa shape index (κ1) is 12.3. The van der Waals surface area contributed by atoms with Gasteiger partial charge >= 0.3 is 0 Å². The first-order chi connectivity index (χ1) is 7.09. The van der Waals surface area contributed by atoms with Crippen LogP contribution in [0.2, 0.25) is 0 Å². The molecule has 0 spiro atoms. The largest absolute Gasteiger partial charge is 0.350 e. The maximum Gasteiger partial charge on any atom is 0.208 e. The third-order valence-electron chi connectivity index (χ3n) is 2.15. The topological polar surface area (TPSA) is 73.5 Å². The summed E-state index contributed by atoms with van der Waals surface area (Å²) >= 11 is 1.37. The van der Waals surface area contributed by atoms with E-state index in [9.17, 15) is 8.42 Å². The summed E-state index contributed by atoms with van der Waals surface area (Å²) in [5.41, 5.74) is 0. The summed E-state index contributed by atoms with van der Waals surface area (Å²) in [6.07, 6.45) is 4.17. The van der Waals surface area contributed by atoms with Gasteiger partial charge in [-0.1, -0.05) is 11.8 Å². The van der Waals surface area contributed by atoms with Gasteiger partial charge in [0.25, 0.3) is 0 Å². The van der Waals surface area contributed by atoms with Crippen molar-refractivity contribution >= 4 is 26.8 Å². The van der Waals surface area contributed by atoms with Crippen LogP contribution in [0, 0.1) is 11.5 Å². The van der Waals surface area contributed by atoms with E-state index >= 15 is 0 Å². The van der Waals surface area contributed by atoms with Crippen molar-refractivity contribution in [1.29, 1.82) is 5.26 Å². The second-order valence-electron chi connectivity index (χ2n) is 3.19. The summed E-state index contributed by atoms with van der Waals surface area (Å²) in [6.45, 7) is 1.09. The fourth-order valence-corrected chi connectivity index (χ4v) is 3.26. The molecular formula is C8H13N3O2S2. The van der Waals surface area contributed by atoms with E-state index in [-0.39, 0.29) is 11.5 Å². The molecule has 1 aliphatic rings. The van der Waals surface area contributed by atoms with Crippen molar-refractivity contribution in [2.75, 3.05) is 30.9 Å². The van der Waals surface area contributed by atoms with Gasteiger partial charge in [0.05, 0.1) is 11.5 Å². The summed E-state index contributed by atoms with van der Waals surface area (Å²) in [7, 11) is -2.90. The smallest absolute Gasteiger partial charge is 0.208 e. The van der Waals surface area contributed by atoms with E-state index in [1.807, 2.05) is 11.2 Å². The van der Waals surface area contributed by atoms with E-state index in [1.54, 1.807) is 6.19 Å². The lowest BCUT2D eigenvalue weighted by Crippen LogP contribution is -2.31. The summed E-state index contributed by atoms with van der Waals surface area (Å²) in [4.78, 5) is 5.53. The maximum atomic E-state index is 11.3. The van der Waals surface area contributed by atoms with Crippen molar-refractivity contribution in [3.63, 3.8) is 0 Å². The van der Waals surface area contributed by atoms with Crippen LogP contribution in [0.4, 0.5) is 0 Å². The molecule has 1 rings (SSSR count). The highest BCUT2D eigenvalue weighted by Crippen LogP contribution is 2.11. The fraction of sp³-hybridized carbons (Fsp3) is 0.750. The van der Waals surface area contributed by atoms with E-state index in [0.29, 0.717) is 24.7 Å². The molecule has 0 aromatic rings. The molecule has 0 aromatic heterocycles. The van der Waals surface area contributed by atoms with E-state index < -0.39 is 9.84 Å². The van der Waals surface area contributed by atoms with Gasteiger partial charge in [-0.2, -0.15) is 5.26 Å². The van der Waals surface area contributed by atoms with Gasteiger partial charge in [0, 0.05) is 13.1 Å². The van der Waals surface area contributed by atoms with Gasteiger partial charge in [-0.25, -0.2) is 8.42 Å². The number of amidine groups is 1. The van der Waals surface area contributed by atoms with Crippen molar-refractivity contribution in [2.45, 2.75) is 6.42 Å². The zero-order chi connectivity index (χ0) is 11.3. The number of rotatable bonds is 0. The first-order valence-corrected chi connectivity index (χ1v) is 7.60. The molecule has 7 heteroatoms. The minimum absolute atomic E-state index is 0.151. The van der Waals surface area contributed by atoms with Crippen LogP contribution in [0.15, 0.2) is 4.99 Å². The molecule has 0 amide bonds. The summed E-state index contributed by atoms with van der Waals surface area (Å²) in [6, 6.07) is 0. The normalized spacial score (nSPS) is 21.9. The number of nitriles is 1. The van der Waals surface area contributed by atoms with Crippen molar-refractivity contribution in [3.8, 4) is 6.19 Å². The Labute approximate surface area is 94.1 Å². The Balaban J connectivity index is 2.73. The second-order valence-corrected chi connectivity index (χ2v) is 6.27. The predicted molar refractivity (Wildman–Crippen MR) is 61.4 cm³/mol. The SMILES string of the molecule is CSC(=NC#N)N1CCCS(=O)(=O)CC1. The second kappa shape index (κ2) is 5.37. The lowest BCUT2D eigenvalue weighted by atomic mass is 10.4. The molecule has 1 fully saturated rings. The monoisotopic (exact) mass is 247 g/mol. The maximum absolute atomic E-state index is 11.3. The van der Waals surface area contributed by atoms with Crippen LogP contribution in [0.25, 0.3) is 0 Å². The van der Waals surface area contributed by atoms with Gasteiger partial charge in [0.2, 0.25) is 6.19 Å². The molecule has 1 saturated heterocycles. The highest BCUT2D eigenvalue weighted by Gasteiger charge is 2.20. The molecule has 0 bridgehead atoms. The van der Waals surface area contributed by atoms with Gasteiger partial charge < -0.3 is 4.90 Å². The third-order valence-corrected chi connectivity index (χ3v) is 4.58. The molecule has 0 unspecified atom stereocenters. The van der Waals surface area contributed by atoms with Crippen LogP contribution in [-0.2, 0) is 9.84 Å². The minimum atomic E-state index is -2.90. The van der Waals surface area contributed by atoms with Gasteiger partial charge in [-0.3, -0.25) is 0 Å². The predicted octanol–water partition coefficient (Wildman–Crippen LogP) is 0.307. The van der Waals surface area contributed by atoms with Gasteiger partial charge in [0.1, 0.15) is 0 Å². The highest BCUT2D eigenvalue weighted by molar-refractivity contribution is 8.13. The van der Waals surface area contributed by atoms with Crippen molar-refractivity contribution in [2.24, 2.45) is 4.99 Å². The zero-order valence-corrected chi connectivity index (χ0v) is 10.1. The molecular weight excluding hydrogens is 234 g/mol. The molecule has 5 nitrogen and oxygen atoms in total. The Morgan fingerprint density at radius 3 is 2.80 bits per heavy atom. The minimum Gasteiger partial charge on any atom is -0.350 e. The standard InChI is InChI=1S/C8H13N3O2S2/c1-14-8(10-7-9)11-3-2-5-15(12,13)6-4-11/h2-6H2,1H3. The van der Waals surface area contributed by atoms with Crippen LogP contribution in [0.3, 0.4) is 0 Å². The van der Waals surface area contributed by atoms with E-state index in [1.165, 1.54) is 11.8 Å². The lowest BCUT2D eigenvalue weighted by molar-refractivity contribution is 0.459. The van der Waals surface area contributed by atoms with Crippen LogP contribution >= 0.6 is 11.8 Å². The Morgan fingerprint density at radius 1 is 1.47 bits per heavy atom. The summed E-state index contributed by atoms with van der Waals surface area (Å²) in [5, 5.41) is 9.08. The number of hydrogen-bond acceptors (Lipinski definition) is 5. The fourth-order valence-electron chi connectivity index (χ4n) is 1.42. The highest BCUT2D eigenvalue weighted by atomic mass is 32.2. The Kier molecular flexibility index (Phi) is 4.42. The molecule has 0 N–H and O–H groups in total. The van der Waals surface area contributed by atoms with Crippen LogP contribution in [0.1, 0.15) is 6.42 Å². The van der Waals surface area contributed by atoms with Gasteiger partial charge in [-0.15, -0.1) is 4.99 Å². The van der Waals surface area contributed by atoms with E-state index in [2.05, 4.69) is 4.99 Å². The van der Waals surface area contributed by atoms with Crippen molar-refractivity contribution in [1.82, 2.24) is 4.90 Å². The molecule has 84 valence electrons. The van der Waals surface area contributed by atoms with Gasteiger partial charge in [0.15, 0.2) is 15.0 Å². The number of hydrogen-bond donors (Lipinski definition) is 0. The molecule has 0 atom stereocenters. The van der Waals surface area contributed by atoms with Crippen LogP contribution in [0.5, 0.6) is 0 Å². The summed E-state index contributed by atoms with van der Waals surface area (Å²) in [5.74, 6) is 0.385. The van der Waals surface area contributed by atoms with Crippen molar-refractivity contribution in [3.05, 3.63) is 0 Å². The third kappa shape index (κ3) is 3.72. The Bertz CT molecular complexity index is 383. The lowest BCUT2D eigenvalue weighted by Gasteiger charge is -2.20. The number of aliphatic imine (C=N–C) groups is 1. The van der Waals surface area contributed by atoms with Gasteiger partial charge in [-0.05, 0) is 12.7 Å². The molecule has 0 saturated carbocycles. The molecule has 1 aliphatic heterocycles. The number of thioether (sulfide) groups is 1. The van der Waals surface area contributed by atoms with Crippen LogP contribution < -0.4 is 0 Å². The molecule has 1 heterocycles. The molecule has 0 radical (unpaired) electrons. The quantitative estimate of drug-likeness (QED) is 0.350. The first-order valence-electron chi connectivity index (χ1n) is 4.55. The van der Waals surface area contributed by atoms with E-state index in [0.717, 1.165) is 0 Å².